The zero-order valence-corrected chi connectivity index (χ0v) is 18.8. The number of hydrogen-bond donors (Lipinski definition) is 2. The summed E-state index contributed by atoms with van der Waals surface area (Å²) in [5, 5.41) is 16.4. The smallest absolute Gasteiger partial charge is 0.475 e. The van der Waals surface area contributed by atoms with Crippen LogP contribution in [0.15, 0.2) is 17.5 Å². The molecule has 0 amide bonds. The standard InChI is InChI=1S/C15H24N2OS.2C2HF3O2/c1-16-8-13(10-18-2)15(11-16)5-6-17(12-15)9-14-4-3-7-19-14;2*3-2(4,5)1(6)7/h3-4,7,13H,5-6,8-12H2,1-2H3;2*(H,6,7)/t13-,15-;;/m1../s1. The van der Waals surface area contributed by atoms with E-state index in [0.29, 0.717) is 11.3 Å². The molecule has 2 saturated heterocycles. The second-order valence-electron chi connectivity index (χ2n) is 7.86. The third-order valence-electron chi connectivity index (χ3n) is 5.26. The number of thiophene rings is 1. The summed E-state index contributed by atoms with van der Waals surface area (Å²) in [6.07, 6.45) is -8.84. The van der Waals surface area contributed by atoms with Crippen LogP contribution >= 0.6 is 11.3 Å². The lowest BCUT2D eigenvalue weighted by Crippen LogP contribution is -2.35. The first-order chi connectivity index (χ1) is 15.1. The number of halogens is 6. The van der Waals surface area contributed by atoms with Gasteiger partial charge in [0.1, 0.15) is 0 Å². The van der Waals surface area contributed by atoms with Gasteiger partial charge >= 0.3 is 24.3 Å². The molecule has 7 nitrogen and oxygen atoms in total. The molecule has 1 aromatic rings. The van der Waals surface area contributed by atoms with Gasteiger partial charge in [0.25, 0.3) is 0 Å². The molecule has 2 fully saturated rings. The van der Waals surface area contributed by atoms with Crippen molar-refractivity contribution in [3.63, 3.8) is 0 Å². The molecule has 1 aromatic heterocycles. The number of carbonyl (C=O) groups is 2. The maximum absolute atomic E-state index is 10.6. The van der Waals surface area contributed by atoms with Crippen LogP contribution in [-0.4, -0.2) is 91.2 Å². The van der Waals surface area contributed by atoms with E-state index in [9.17, 15) is 26.3 Å². The number of carboxylic acid groups (broad SMARTS) is 2. The summed E-state index contributed by atoms with van der Waals surface area (Å²) >= 11 is 1.88. The number of alkyl halides is 6. The molecule has 3 rings (SSSR count). The Kier molecular flexibility index (Phi) is 10.6. The van der Waals surface area contributed by atoms with Crippen molar-refractivity contribution in [1.82, 2.24) is 9.80 Å². The molecule has 2 aliphatic heterocycles. The number of likely N-dealkylation sites (tertiary alicyclic amines) is 2. The van der Waals surface area contributed by atoms with Gasteiger partial charge in [0.15, 0.2) is 0 Å². The molecule has 0 bridgehead atoms. The van der Waals surface area contributed by atoms with E-state index in [1.165, 1.54) is 37.5 Å². The summed E-state index contributed by atoms with van der Waals surface area (Å²) in [7, 11) is 4.09. The lowest BCUT2D eigenvalue weighted by molar-refractivity contribution is -0.193. The Labute approximate surface area is 190 Å². The molecule has 0 unspecified atom stereocenters. The first kappa shape index (κ1) is 29.1. The highest BCUT2D eigenvalue weighted by molar-refractivity contribution is 7.09. The van der Waals surface area contributed by atoms with Crippen molar-refractivity contribution in [2.24, 2.45) is 11.3 Å². The quantitative estimate of drug-likeness (QED) is 0.603. The molecule has 3 heterocycles. The van der Waals surface area contributed by atoms with Gasteiger partial charge in [0.05, 0.1) is 6.61 Å². The molecular formula is C19H26F6N2O5S. The van der Waals surface area contributed by atoms with Crippen molar-refractivity contribution in [2.75, 3.05) is 46.9 Å². The predicted molar refractivity (Wildman–Crippen MR) is 107 cm³/mol. The van der Waals surface area contributed by atoms with E-state index >= 15 is 0 Å². The summed E-state index contributed by atoms with van der Waals surface area (Å²) in [5.74, 6) is -4.81. The maximum Gasteiger partial charge on any atom is 0.490 e. The minimum atomic E-state index is -5.08. The van der Waals surface area contributed by atoms with Crippen LogP contribution in [0.25, 0.3) is 0 Å². The molecule has 0 aliphatic carbocycles. The van der Waals surface area contributed by atoms with Crippen LogP contribution in [0.4, 0.5) is 26.3 Å². The lowest BCUT2D eigenvalue weighted by Gasteiger charge is -2.30. The molecule has 2 aliphatic rings. The number of rotatable bonds is 4. The summed E-state index contributed by atoms with van der Waals surface area (Å²) < 4.78 is 68.9. The van der Waals surface area contributed by atoms with Crippen LogP contribution in [0, 0.1) is 11.3 Å². The SMILES string of the molecule is COC[C@H]1CN(C)C[C@@]12CCN(Cc1cccs1)C2.O=C(O)C(F)(F)F.O=C(O)C(F)(F)F. The van der Waals surface area contributed by atoms with Crippen LogP contribution < -0.4 is 0 Å². The second-order valence-corrected chi connectivity index (χ2v) is 8.89. The highest BCUT2D eigenvalue weighted by Crippen LogP contribution is 2.43. The van der Waals surface area contributed by atoms with E-state index in [1.807, 2.05) is 18.4 Å². The number of nitrogens with zero attached hydrogens (tertiary/aromatic N) is 2. The summed E-state index contributed by atoms with van der Waals surface area (Å²) in [6.45, 7) is 6.96. The Hall–Kier alpha value is -1.90. The largest absolute Gasteiger partial charge is 0.490 e. The fraction of sp³-hybridized carbons (Fsp3) is 0.684. The van der Waals surface area contributed by atoms with Gasteiger partial charge in [-0.2, -0.15) is 26.3 Å². The fourth-order valence-electron chi connectivity index (χ4n) is 3.94. The van der Waals surface area contributed by atoms with E-state index in [2.05, 4.69) is 34.4 Å². The highest BCUT2D eigenvalue weighted by atomic mass is 32.1. The molecular weight excluding hydrogens is 482 g/mol. The van der Waals surface area contributed by atoms with E-state index in [1.54, 1.807) is 0 Å². The van der Waals surface area contributed by atoms with Gasteiger partial charge in [-0.25, -0.2) is 9.59 Å². The van der Waals surface area contributed by atoms with E-state index in [4.69, 9.17) is 24.5 Å². The maximum atomic E-state index is 10.6. The van der Waals surface area contributed by atoms with Crippen LogP contribution in [-0.2, 0) is 20.9 Å². The minimum absolute atomic E-state index is 0.474. The zero-order valence-electron chi connectivity index (χ0n) is 17.9. The van der Waals surface area contributed by atoms with Crippen molar-refractivity contribution in [3.8, 4) is 0 Å². The Morgan fingerprint density at radius 1 is 1.15 bits per heavy atom. The third-order valence-corrected chi connectivity index (χ3v) is 6.12. The number of ether oxygens (including phenoxy) is 1. The Morgan fingerprint density at radius 3 is 2.12 bits per heavy atom. The average Bonchev–Trinajstić information content (AvgIpc) is 3.38. The normalized spacial score (nSPS) is 23.6. The van der Waals surface area contributed by atoms with Gasteiger partial charge < -0.3 is 19.8 Å². The van der Waals surface area contributed by atoms with Gasteiger partial charge in [0, 0.05) is 49.5 Å². The fourth-order valence-corrected chi connectivity index (χ4v) is 4.68. The molecule has 0 radical (unpaired) electrons. The summed E-state index contributed by atoms with van der Waals surface area (Å²) in [5.41, 5.74) is 0.474. The molecule has 0 aromatic carbocycles. The first-order valence-electron chi connectivity index (χ1n) is 9.63. The molecule has 14 heteroatoms. The number of carboxylic acids is 2. The van der Waals surface area contributed by atoms with E-state index in [-0.39, 0.29) is 0 Å². The van der Waals surface area contributed by atoms with Crippen LogP contribution in [0.1, 0.15) is 11.3 Å². The Balaban J connectivity index is 0.000000324. The van der Waals surface area contributed by atoms with Gasteiger partial charge in [-0.15, -0.1) is 11.3 Å². The molecule has 190 valence electrons. The number of aliphatic carboxylic acids is 2. The zero-order chi connectivity index (χ0) is 25.4. The average molecular weight is 508 g/mol. The van der Waals surface area contributed by atoms with Crippen LogP contribution in [0.2, 0.25) is 0 Å². The van der Waals surface area contributed by atoms with Gasteiger partial charge in [-0.1, -0.05) is 6.07 Å². The van der Waals surface area contributed by atoms with Crippen molar-refractivity contribution < 1.29 is 50.9 Å². The summed E-state index contributed by atoms with van der Waals surface area (Å²) in [6, 6.07) is 4.41. The molecule has 1 spiro atoms. The molecule has 0 saturated carbocycles. The van der Waals surface area contributed by atoms with Crippen LogP contribution in [0.5, 0.6) is 0 Å². The van der Waals surface area contributed by atoms with Crippen molar-refractivity contribution in [1.29, 1.82) is 0 Å². The highest BCUT2D eigenvalue weighted by Gasteiger charge is 2.49. The monoisotopic (exact) mass is 508 g/mol. The topological polar surface area (TPSA) is 90.3 Å². The van der Waals surface area contributed by atoms with E-state index in [0.717, 1.165) is 13.2 Å². The van der Waals surface area contributed by atoms with Crippen LogP contribution in [0.3, 0.4) is 0 Å². The van der Waals surface area contributed by atoms with Crippen molar-refractivity contribution >= 4 is 23.3 Å². The first-order valence-corrected chi connectivity index (χ1v) is 10.5. The van der Waals surface area contributed by atoms with Gasteiger partial charge in [0.2, 0.25) is 0 Å². The van der Waals surface area contributed by atoms with E-state index < -0.39 is 24.3 Å². The Morgan fingerprint density at radius 2 is 1.70 bits per heavy atom. The van der Waals surface area contributed by atoms with Crippen molar-refractivity contribution in [2.45, 2.75) is 25.3 Å². The third kappa shape index (κ3) is 9.47. The predicted octanol–water partition coefficient (Wildman–Crippen LogP) is 3.41. The van der Waals surface area contributed by atoms with Gasteiger partial charge in [-0.3, -0.25) is 4.90 Å². The second kappa shape index (κ2) is 12.0. The lowest BCUT2D eigenvalue weighted by atomic mass is 9.78. The molecule has 2 N–H and O–H groups in total. The number of hydrogen-bond acceptors (Lipinski definition) is 6. The number of methoxy groups -OCH3 is 1. The minimum Gasteiger partial charge on any atom is -0.475 e. The van der Waals surface area contributed by atoms with Gasteiger partial charge in [-0.05, 0) is 31.5 Å². The Bertz CT molecular complexity index is 735. The molecule has 2 atom stereocenters. The summed E-state index contributed by atoms with van der Waals surface area (Å²) in [4.78, 5) is 24.4. The van der Waals surface area contributed by atoms with Crippen molar-refractivity contribution in [3.05, 3.63) is 22.4 Å². The molecule has 33 heavy (non-hydrogen) atoms.